The third kappa shape index (κ3) is 4.40. The topological polar surface area (TPSA) is 95.4 Å². The van der Waals surface area contributed by atoms with Crippen molar-refractivity contribution in [3.8, 4) is 0 Å². The number of hydrogen-bond acceptors (Lipinski definition) is 5. The Morgan fingerprint density at radius 3 is 1.33 bits per heavy atom. The minimum atomic E-state index is -0.784. The van der Waals surface area contributed by atoms with Gasteiger partial charge >= 0.3 is 11.9 Å². The van der Waals surface area contributed by atoms with Gasteiger partial charge in [0.25, 0.3) is 0 Å². The molecular formula is C10H20N2O3. The van der Waals surface area contributed by atoms with E-state index in [1.807, 2.05) is 0 Å². The van der Waals surface area contributed by atoms with Crippen LogP contribution in [0.25, 0.3) is 0 Å². The number of nitrogens with two attached hydrogens (primary N) is 2. The fourth-order valence-electron chi connectivity index (χ4n) is 0.780. The molecule has 0 spiro atoms. The molecule has 0 saturated carbocycles. The molecule has 0 aliphatic heterocycles. The molecule has 4 N–H and O–H groups in total. The Morgan fingerprint density at radius 1 is 0.867 bits per heavy atom. The molecule has 0 aliphatic carbocycles. The number of carbonyl (C=O) groups is 2. The highest BCUT2D eigenvalue weighted by molar-refractivity contribution is 5.90. The van der Waals surface area contributed by atoms with E-state index in [-0.39, 0.29) is 11.8 Å². The Morgan fingerprint density at radius 2 is 1.13 bits per heavy atom. The van der Waals surface area contributed by atoms with Crippen molar-refractivity contribution in [2.24, 2.45) is 23.3 Å². The molecule has 0 bridgehead atoms. The largest absolute Gasteiger partial charge is 0.391 e. The Kier molecular flexibility index (Phi) is 5.46. The summed E-state index contributed by atoms with van der Waals surface area (Å²) in [6, 6.07) is -1.57. The van der Waals surface area contributed by atoms with Gasteiger partial charge in [0.2, 0.25) is 0 Å². The maximum absolute atomic E-state index is 11.3. The summed E-state index contributed by atoms with van der Waals surface area (Å²) in [6.45, 7) is 7.11. The lowest BCUT2D eigenvalue weighted by Gasteiger charge is -2.17. The van der Waals surface area contributed by atoms with E-state index in [9.17, 15) is 9.59 Å². The Balaban J connectivity index is 4.25. The average Bonchev–Trinajstić information content (AvgIpc) is 2.14. The van der Waals surface area contributed by atoms with E-state index < -0.39 is 24.0 Å². The van der Waals surface area contributed by atoms with Crippen molar-refractivity contribution in [3.63, 3.8) is 0 Å². The zero-order valence-electron chi connectivity index (χ0n) is 9.69. The van der Waals surface area contributed by atoms with Crippen LogP contribution in [0.4, 0.5) is 0 Å². The van der Waals surface area contributed by atoms with Gasteiger partial charge in [-0.15, -0.1) is 0 Å². The highest BCUT2D eigenvalue weighted by atomic mass is 16.6. The molecule has 88 valence electrons. The molecule has 5 heteroatoms. The van der Waals surface area contributed by atoms with Crippen LogP contribution in [0.1, 0.15) is 27.7 Å². The van der Waals surface area contributed by atoms with E-state index in [0.29, 0.717) is 0 Å². The molecule has 0 amide bonds. The van der Waals surface area contributed by atoms with Crippen LogP contribution < -0.4 is 11.5 Å². The second kappa shape index (κ2) is 5.82. The third-order valence-corrected chi connectivity index (χ3v) is 2.18. The average molecular weight is 216 g/mol. The molecule has 0 aromatic rings. The minimum Gasteiger partial charge on any atom is -0.391 e. The van der Waals surface area contributed by atoms with Crippen molar-refractivity contribution in [1.29, 1.82) is 0 Å². The summed E-state index contributed by atoms with van der Waals surface area (Å²) in [5.74, 6) is -1.57. The highest BCUT2D eigenvalue weighted by Crippen LogP contribution is 2.04. The van der Waals surface area contributed by atoms with Gasteiger partial charge in [0.15, 0.2) is 0 Å². The van der Waals surface area contributed by atoms with Crippen LogP contribution in [0.3, 0.4) is 0 Å². The van der Waals surface area contributed by atoms with Crippen molar-refractivity contribution >= 4 is 11.9 Å². The smallest absolute Gasteiger partial charge is 0.330 e. The fourth-order valence-corrected chi connectivity index (χ4v) is 0.780. The molecule has 0 aliphatic rings. The summed E-state index contributed by atoms with van der Waals surface area (Å²) in [5, 5.41) is 0. The van der Waals surface area contributed by atoms with Crippen LogP contribution in [0.5, 0.6) is 0 Å². The van der Waals surface area contributed by atoms with Gasteiger partial charge in [-0.25, -0.2) is 9.59 Å². The number of rotatable bonds is 4. The summed E-state index contributed by atoms with van der Waals surface area (Å²) in [7, 11) is 0. The first-order chi connectivity index (χ1) is 6.77. The lowest BCUT2D eigenvalue weighted by atomic mass is 10.1. The maximum atomic E-state index is 11.3. The summed E-state index contributed by atoms with van der Waals surface area (Å²) in [4.78, 5) is 22.6. The number of esters is 2. The molecule has 0 aromatic carbocycles. The van der Waals surface area contributed by atoms with Crippen molar-refractivity contribution in [3.05, 3.63) is 0 Å². The molecule has 0 heterocycles. The second-order valence-corrected chi connectivity index (χ2v) is 4.28. The van der Waals surface area contributed by atoms with Gasteiger partial charge < -0.3 is 16.2 Å². The van der Waals surface area contributed by atoms with E-state index in [0.717, 1.165) is 0 Å². The van der Waals surface area contributed by atoms with Crippen molar-refractivity contribution in [2.75, 3.05) is 0 Å². The quantitative estimate of drug-likeness (QED) is 0.510. The first kappa shape index (κ1) is 14.1. The molecule has 0 fully saturated rings. The summed E-state index contributed by atoms with van der Waals surface area (Å²) in [6.07, 6.45) is 0. The zero-order valence-corrected chi connectivity index (χ0v) is 9.69. The highest BCUT2D eigenvalue weighted by Gasteiger charge is 2.26. The van der Waals surface area contributed by atoms with Crippen LogP contribution >= 0.6 is 0 Å². The predicted molar refractivity (Wildman–Crippen MR) is 56.7 cm³/mol. The Labute approximate surface area is 90.1 Å². The molecule has 0 radical (unpaired) electrons. The molecule has 0 saturated heterocycles. The minimum absolute atomic E-state index is 0.0689. The van der Waals surface area contributed by atoms with Crippen molar-refractivity contribution in [1.82, 2.24) is 0 Å². The summed E-state index contributed by atoms with van der Waals surface area (Å²) >= 11 is 0. The standard InChI is InChI=1S/C10H20N2O3/c1-5(2)7(11)9(13)15-10(14)8(12)6(3)4/h5-8H,11-12H2,1-4H3/t7-,8+. The summed E-state index contributed by atoms with van der Waals surface area (Å²) < 4.78 is 4.57. The lowest BCUT2D eigenvalue weighted by molar-refractivity contribution is -0.162. The maximum Gasteiger partial charge on any atom is 0.330 e. The molecule has 15 heavy (non-hydrogen) atoms. The van der Waals surface area contributed by atoms with Gasteiger partial charge in [-0.1, -0.05) is 27.7 Å². The van der Waals surface area contributed by atoms with Crippen LogP contribution in [0.15, 0.2) is 0 Å². The predicted octanol–water partition coefficient (Wildman–Crippen LogP) is 0.0228. The monoisotopic (exact) mass is 216 g/mol. The van der Waals surface area contributed by atoms with Gasteiger partial charge in [0, 0.05) is 0 Å². The van der Waals surface area contributed by atoms with Gasteiger partial charge in [-0.3, -0.25) is 0 Å². The normalized spacial score (nSPS) is 15.2. The number of ether oxygens (including phenoxy) is 1. The van der Waals surface area contributed by atoms with Crippen LogP contribution in [-0.4, -0.2) is 24.0 Å². The van der Waals surface area contributed by atoms with Crippen molar-refractivity contribution in [2.45, 2.75) is 39.8 Å². The molecule has 0 unspecified atom stereocenters. The molecular weight excluding hydrogens is 196 g/mol. The third-order valence-electron chi connectivity index (χ3n) is 2.18. The molecule has 5 nitrogen and oxygen atoms in total. The van der Waals surface area contributed by atoms with Gasteiger partial charge in [0.05, 0.1) is 0 Å². The fraction of sp³-hybridized carbons (Fsp3) is 0.800. The molecule has 2 atom stereocenters. The second-order valence-electron chi connectivity index (χ2n) is 4.28. The van der Waals surface area contributed by atoms with Gasteiger partial charge in [-0.2, -0.15) is 0 Å². The van der Waals surface area contributed by atoms with E-state index in [1.54, 1.807) is 27.7 Å². The van der Waals surface area contributed by atoms with Gasteiger partial charge in [-0.05, 0) is 11.8 Å². The number of hydrogen-bond donors (Lipinski definition) is 2. The first-order valence-corrected chi connectivity index (χ1v) is 5.04. The van der Waals surface area contributed by atoms with Crippen LogP contribution in [0, 0.1) is 11.8 Å². The van der Waals surface area contributed by atoms with E-state index in [4.69, 9.17) is 11.5 Å². The van der Waals surface area contributed by atoms with Crippen molar-refractivity contribution < 1.29 is 14.3 Å². The Bertz CT molecular complexity index is 215. The van der Waals surface area contributed by atoms with E-state index >= 15 is 0 Å². The summed E-state index contributed by atoms with van der Waals surface area (Å²) in [5.41, 5.74) is 11.0. The van der Waals surface area contributed by atoms with E-state index in [1.165, 1.54) is 0 Å². The molecule has 0 aromatic heterocycles. The Hall–Kier alpha value is -0.940. The van der Waals surface area contributed by atoms with Gasteiger partial charge in [0.1, 0.15) is 12.1 Å². The molecule has 0 rings (SSSR count). The zero-order chi connectivity index (χ0) is 12.2. The van der Waals surface area contributed by atoms with E-state index in [2.05, 4.69) is 4.74 Å². The first-order valence-electron chi connectivity index (χ1n) is 5.04. The van der Waals surface area contributed by atoms with Crippen LogP contribution in [0.2, 0.25) is 0 Å². The lowest BCUT2D eigenvalue weighted by Crippen LogP contribution is -2.43. The SMILES string of the molecule is CC(C)[C@H](N)C(=O)OC(=O)[C@H](N)C(C)C. The van der Waals surface area contributed by atoms with Crippen LogP contribution in [-0.2, 0) is 14.3 Å². The number of carbonyl (C=O) groups excluding carboxylic acids is 2.